The van der Waals surface area contributed by atoms with Crippen LogP contribution >= 0.6 is 11.3 Å². The zero-order chi connectivity index (χ0) is 16.9. The average molecular weight is 338 g/mol. The van der Waals surface area contributed by atoms with E-state index in [9.17, 15) is 0 Å². The summed E-state index contributed by atoms with van der Waals surface area (Å²) in [5.74, 6) is 1.35. The molecule has 1 aromatic heterocycles. The second-order valence-corrected chi connectivity index (χ2v) is 6.80. The van der Waals surface area contributed by atoms with E-state index in [0.29, 0.717) is 17.7 Å². The van der Waals surface area contributed by atoms with E-state index in [4.69, 9.17) is 10.5 Å². The normalized spacial score (nSPS) is 12.1. The molecule has 1 atom stereocenters. The van der Waals surface area contributed by atoms with Crippen molar-refractivity contribution >= 4 is 16.5 Å². The van der Waals surface area contributed by atoms with Gasteiger partial charge in [0.15, 0.2) is 5.13 Å². The highest BCUT2D eigenvalue weighted by molar-refractivity contribution is 7.13. The van der Waals surface area contributed by atoms with E-state index in [1.54, 1.807) is 0 Å². The number of ether oxygens (including phenoxy) is 1. The fourth-order valence-electron chi connectivity index (χ4n) is 2.56. The molecule has 4 heteroatoms. The third-order valence-electron chi connectivity index (χ3n) is 4.22. The summed E-state index contributed by atoms with van der Waals surface area (Å²) in [4.78, 5) is 4.44. The summed E-state index contributed by atoms with van der Waals surface area (Å²) in [7, 11) is 0. The second-order valence-electron chi connectivity index (χ2n) is 5.91. The third-order valence-corrected chi connectivity index (χ3v) is 4.89. The van der Waals surface area contributed by atoms with E-state index < -0.39 is 0 Å². The Hall–Kier alpha value is -2.33. The first-order valence-electron chi connectivity index (χ1n) is 8.19. The lowest BCUT2D eigenvalue weighted by Gasteiger charge is -2.15. The molecule has 0 aliphatic carbocycles. The van der Waals surface area contributed by atoms with E-state index in [2.05, 4.69) is 49.2 Å². The van der Waals surface area contributed by atoms with Crippen molar-refractivity contribution in [3.63, 3.8) is 0 Å². The highest BCUT2D eigenvalue weighted by Gasteiger charge is 2.13. The van der Waals surface area contributed by atoms with Crippen molar-refractivity contribution in [3.8, 4) is 17.0 Å². The van der Waals surface area contributed by atoms with Crippen LogP contribution in [0.5, 0.6) is 5.75 Å². The molecule has 2 aromatic carbocycles. The smallest absolute Gasteiger partial charge is 0.180 e. The summed E-state index contributed by atoms with van der Waals surface area (Å²) in [6, 6.07) is 16.6. The largest absolute Gasteiger partial charge is 0.488 e. The number of thiazole rings is 1. The third kappa shape index (κ3) is 3.77. The van der Waals surface area contributed by atoms with Crippen LogP contribution in [0.25, 0.3) is 11.3 Å². The molecule has 124 valence electrons. The van der Waals surface area contributed by atoms with Gasteiger partial charge in [-0.3, -0.25) is 0 Å². The summed E-state index contributed by atoms with van der Waals surface area (Å²) in [5, 5.41) is 2.56. The minimum absolute atomic E-state index is 0.503. The molecule has 3 rings (SSSR count). The topological polar surface area (TPSA) is 48.1 Å². The zero-order valence-corrected chi connectivity index (χ0v) is 14.8. The predicted octanol–water partition coefficient (Wildman–Crippen LogP) is 5.48. The van der Waals surface area contributed by atoms with Gasteiger partial charge < -0.3 is 10.5 Å². The van der Waals surface area contributed by atoms with Crippen molar-refractivity contribution < 1.29 is 4.74 Å². The molecule has 3 aromatic rings. The zero-order valence-electron chi connectivity index (χ0n) is 14.0. The SMILES string of the molecule is CCC(C)c1ccc(OCc2ccccc2)c(-c2csc(N)n2)c1. The first-order chi connectivity index (χ1) is 11.7. The molecule has 3 nitrogen and oxygen atoms in total. The van der Waals surface area contributed by atoms with Crippen molar-refractivity contribution in [2.24, 2.45) is 0 Å². The molecule has 0 amide bonds. The fraction of sp³-hybridized carbons (Fsp3) is 0.250. The van der Waals surface area contributed by atoms with Crippen LogP contribution in [0.3, 0.4) is 0 Å². The minimum Gasteiger partial charge on any atom is -0.488 e. The summed E-state index contributed by atoms with van der Waals surface area (Å²) < 4.78 is 6.08. The molecule has 0 spiro atoms. The van der Waals surface area contributed by atoms with E-state index in [-0.39, 0.29) is 0 Å². The van der Waals surface area contributed by atoms with Gasteiger partial charge in [-0.05, 0) is 35.6 Å². The number of aromatic nitrogens is 1. The van der Waals surface area contributed by atoms with Crippen LogP contribution in [0.2, 0.25) is 0 Å². The van der Waals surface area contributed by atoms with Gasteiger partial charge in [-0.15, -0.1) is 11.3 Å². The molecule has 1 unspecified atom stereocenters. The molecule has 24 heavy (non-hydrogen) atoms. The minimum atomic E-state index is 0.503. The van der Waals surface area contributed by atoms with Crippen LogP contribution < -0.4 is 10.5 Å². The molecule has 2 N–H and O–H groups in total. The van der Waals surface area contributed by atoms with Gasteiger partial charge in [-0.25, -0.2) is 4.98 Å². The Kier molecular flexibility index (Phi) is 5.16. The van der Waals surface area contributed by atoms with Crippen LogP contribution in [0, 0.1) is 0 Å². The number of anilines is 1. The van der Waals surface area contributed by atoms with Gasteiger partial charge in [0.1, 0.15) is 12.4 Å². The number of nitrogens with zero attached hydrogens (tertiary/aromatic N) is 1. The lowest BCUT2D eigenvalue weighted by molar-refractivity contribution is 0.307. The number of rotatable bonds is 6. The van der Waals surface area contributed by atoms with Gasteiger partial charge in [0, 0.05) is 10.9 Å². The van der Waals surface area contributed by atoms with Crippen LogP contribution in [0.1, 0.15) is 37.3 Å². The number of nitrogen functional groups attached to an aromatic ring is 1. The van der Waals surface area contributed by atoms with Crippen LogP contribution in [0.15, 0.2) is 53.9 Å². The number of hydrogen-bond donors (Lipinski definition) is 1. The molecular formula is C20H22N2OS. The van der Waals surface area contributed by atoms with Gasteiger partial charge in [-0.1, -0.05) is 50.2 Å². The van der Waals surface area contributed by atoms with Crippen molar-refractivity contribution in [2.75, 3.05) is 5.73 Å². The monoisotopic (exact) mass is 338 g/mol. The maximum Gasteiger partial charge on any atom is 0.180 e. The van der Waals surface area contributed by atoms with Crippen molar-refractivity contribution in [3.05, 3.63) is 65.0 Å². The molecule has 0 bridgehead atoms. The van der Waals surface area contributed by atoms with E-state index in [1.165, 1.54) is 16.9 Å². The van der Waals surface area contributed by atoms with E-state index in [0.717, 1.165) is 29.0 Å². The Labute approximate surface area is 147 Å². The maximum atomic E-state index is 6.08. The van der Waals surface area contributed by atoms with Gasteiger partial charge in [0.2, 0.25) is 0 Å². The maximum absolute atomic E-state index is 6.08. The summed E-state index contributed by atoms with van der Waals surface area (Å²) >= 11 is 1.45. The Morgan fingerprint density at radius 3 is 2.62 bits per heavy atom. The lowest BCUT2D eigenvalue weighted by atomic mass is 9.96. The highest BCUT2D eigenvalue weighted by atomic mass is 32.1. The number of benzene rings is 2. The Morgan fingerprint density at radius 1 is 1.17 bits per heavy atom. The number of hydrogen-bond acceptors (Lipinski definition) is 4. The average Bonchev–Trinajstić information content (AvgIpc) is 3.06. The quantitative estimate of drug-likeness (QED) is 0.647. The molecule has 0 radical (unpaired) electrons. The molecule has 0 saturated carbocycles. The van der Waals surface area contributed by atoms with Crippen molar-refractivity contribution in [1.29, 1.82) is 0 Å². The van der Waals surface area contributed by atoms with Crippen molar-refractivity contribution in [2.45, 2.75) is 32.8 Å². The molecule has 0 aliphatic rings. The molecular weight excluding hydrogens is 316 g/mol. The fourth-order valence-corrected chi connectivity index (χ4v) is 3.13. The molecule has 0 saturated heterocycles. The van der Waals surface area contributed by atoms with E-state index >= 15 is 0 Å². The summed E-state index contributed by atoms with van der Waals surface area (Å²) in [6.07, 6.45) is 1.10. The first-order valence-corrected chi connectivity index (χ1v) is 9.07. The summed E-state index contributed by atoms with van der Waals surface area (Å²) in [6.45, 7) is 4.97. The standard InChI is InChI=1S/C20H22N2OS/c1-3-14(2)16-9-10-19(23-12-15-7-5-4-6-8-15)17(11-16)18-13-24-20(21)22-18/h4-11,13-14H,3,12H2,1-2H3,(H2,21,22). The Bertz CT molecular complexity index is 798. The van der Waals surface area contributed by atoms with Crippen LogP contribution in [-0.2, 0) is 6.61 Å². The van der Waals surface area contributed by atoms with Gasteiger partial charge >= 0.3 is 0 Å². The van der Waals surface area contributed by atoms with E-state index in [1.807, 2.05) is 23.6 Å². The lowest BCUT2D eigenvalue weighted by Crippen LogP contribution is -1.99. The Balaban J connectivity index is 1.92. The van der Waals surface area contributed by atoms with Gasteiger partial charge in [0.05, 0.1) is 5.69 Å². The predicted molar refractivity (Wildman–Crippen MR) is 101 cm³/mol. The van der Waals surface area contributed by atoms with Crippen molar-refractivity contribution in [1.82, 2.24) is 4.98 Å². The van der Waals surface area contributed by atoms with Gasteiger partial charge in [-0.2, -0.15) is 0 Å². The van der Waals surface area contributed by atoms with Crippen LogP contribution in [0.4, 0.5) is 5.13 Å². The first kappa shape index (κ1) is 16.5. The molecule has 1 heterocycles. The highest BCUT2D eigenvalue weighted by Crippen LogP contribution is 2.35. The Morgan fingerprint density at radius 2 is 1.96 bits per heavy atom. The van der Waals surface area contributed by atoms with Gasteiger partial charge in [0.25, 0.3) is 0 Å². The number of nitrogens with two attached hydrogens (primary N) is 1. The van der Waals surface area contributed by atoms with Crippen LogP contribution in [-0.4, -0.2) is 4.98 Å². The molecule has 0 fully saturated rings. The summed E-state index contributed by atoms with van der Waals surface area (Å²) in [5.41, 5.74) is 10.2. The second kappa shape index (κ2) is 7.49. The molecule has 0 aliphatic heterocycles.